The van der Waals surface area contributed by atoms with Gasteiger partial charge in [0.2, 0.25) is 0 Å². The van der Waals surface area contributed by atoms with Gasteiger partial charge < -0.3 is 16.0 Å². The van der Waals surface area contributed by atoms with Crippen molar-refractivity contribution in [1.29, 1.82) is 0 Å². The first-order valence-electron chi connectivity index (χ1n) is 7.31. The molecule has 3 rings (SSSR count). The summed E-state index contributed by atoms with van der Waals surface area (Å²) in [5.41, 5.74) is 2.21. The molecule has 0 saturated carbocycles. The van der Waals surface area contributed by atoms with Crippen LogP contribution in [0.15, 0.2) is 72.9 Å². The first kappa shape index (κ1) is 15.8. The smallest absolute Gasteiger partial charge is 0.323 e. The maximum absolute atomic E-state index is 11.9. The maximum Gasteiger partial charge on any atom is 0.323 e. The van der Waals surface area contributed by atoms with E-state index in [0.717, 1.165) is 5.69 Å². The molecule has 2 amide bonds. The zero-order valence-electron chi connectivity index (χ0n) is 12.7. The average Bonchev–Trinajstić information content (AvgIpc) is 2.60. The van der Waals surface area contributed by atoms with Gasteiger partial charge in [-0.3, -0.25) is 0 Å². The molecule has 0 spiro atoms. The lowest BCUT2D eigenvalue weighted by molar-refractivity contribution is 0.262. The number of halogens is 1. The van der Waals surface area contributed by atoms with Gasteiger partial charge in [-0.15, -0.1) is 0 Å². The molecule has 0 atom stereocenters. The van der Waals surface area contributed by atoms with Crippen molar-refractivity contribution >= 4 is 40.5 Å². The van der Waals surface area contributed by atoms with Gasteiger partial charge in [-0.1, -0.05) is 29.8 Å². The van der Waals surface area contributed by atoms with Crippen LogP contribution in [0, 0.1) is 0 Å². The minimum Gasteiger partial charge on any atom is -0.340 e. The fourth-order valence-electron chi connectivity index (χ4n) is 2.04. The van der Waals surface area contributed by atoms with Crippen LogP contribution in [0.5, 0.6) is 0 Å². The first-order chi connectivity index (χ1) is 11.7. The molecular weight excluding hydrogens is 324 g/mol. The van der Waals surface area contributed by atoms with Crippen molar-refractivity contribution in [2.45, 2.75) is 0 Å². The summed E-state index contributed by atoms with van der Waals surface area (Å²) in [4.78, 5) is 16.2. The molecule has 0 bridgehead atoms. The van der Waals surface area contributed by atoms with E-state index in [2.05, 4.69) is 20.9 Å². The molecule has 6 heteroatoms. The predicted molar refractivity (Wildman–Crippen MR) is 98.1 cm³/mol. The van der Waals surface area contributed by atoms with Gasteiger partial charge >= 0.3 is 6.03 Å². The number of para-hydroxylation sites is 1. The van der Waals surface area contributed by atoms with Crippen LogP contribution >= 0.6 is 11.6 Å². The molecular formula is C18H15ClN4O. The van der Waals surface area contributed by atoms with Gasteiger partial charge in [0, 0.05) is 16.4 Å². The second-order valence-corrected chi connectivity index (χ2v) is 5.45. The van der Waals surface area contributed by atoms with Crippen LogP contribution in [-0.2, 0) is 0 Å². The number of carbonyl (C=O) groups excluding carboxylic acids is 1. The number of rotatable bonds is 4. The molecule has 0 fully saturated rings. The quantitative estimate of drug-likeness (QED) is 0.618. The second kappa shape index (κ2) is 7.48. The van der Waals surface area contributed by atoms with E-state index in [0.29, 0.717) is 22.2 Å². The molecule has 1 aromatic heterocycles. The van der Waals surface area contributed by atoms with Crippen molar-refractivity contribution in [2.75, 3.05) is 16.0 Å². The van der Waals surface area contributed by atoms with E-state index in [4.69, 9.17) is 11.6 Å². The Balaban J connectivity index is 1.57. The van der Waals surface area contributed by atoms with Crippen molar-refractivity contribution < 1.29 is 4.79 Å². The molecule has 3 aromatic rings. The number of amides is 2. The maximum atomic E-state index is 11.9. The van der Waals surface area contributed by atoms with Gasteiger partial charge in [0.1, 0.15) is 5.82 Å². The Morgan fingerprint density at radius 1 is 0.792 bits per heavy atom. The first-order valence-corrected chi connectivity index (χ1v) is 7.68. The molecule has 0 unspecified atom stereocenters. The van der Waals surface area contributed by atoms with Gasteiger partial charge in [-0.25, -0.2) is 9.78 Å². The highest BCUT2D eigenvalue weighted by Crippen LogP contribution is 2.17. The highest BCUT2D eigenvalue weighted by atomic mass is 35.5. The third kappa shape index (κ3) is 4.47. The molecule has 5 nitrogen and oxygen atoms in total. The minimum absolute atomic E-state index is 0.345. The van der Waals surface area contributed by atoms with Crippen LogP contribution in [0.2, 0.25) is 5.02 Å². The van der Waals surface area contributed by atoms with Gasteiger partial charge in [-0.2, -0.15) is 0 Å². The van der Waals surface area contributed by atoms with Gasteiger partial charge in [0.05, 0.1) is 11.9 Å². The van der Waals surface area contributed by atoms with Crippen molar-refractivity contribution in [3.05, 3.63) is 77.9 Å². The van der Waals surface area contributed by atoms with Crippen LogP contribution in [0.25, 0.3) is 0 Å². The number of pyridine rings is 1. The Bertz CT molecular complexity index is 805. The zero-order valence-corrected chi connectivity index (χ0v) is 13.4. The Kier molecular flexibility index (Phi) is 4.93. The molecule has 0 radical (unpaired) electrons. The topological polar surface area (TPSA) is 66.1 Å². The lowest BCUT2D eigenvalue weighted by Crippen LogP contribution is -2.19. The molecule has 1 heterocycles. The number of hydrogen-bond acceptors (Lipinski definition) is 3. The third-order valence-electron chi connectivity index (χ3n) is 3.17. The summed E-state index contributed by atoms with van der Waals surface area (Å²) in [6.07, 6.45) is 1.59. The fourth-order valence-corrected chi connectivity index (χ4v) is 2.16. The number of anilines is 4. The van der Waals surface area contributed by atoms with Gasteiger partial charge in [0.15, 0.2) is 0 Å². The SMILES string of the molecule is O=C(Nc1ccc(Cl)cc1)Nc1ccc(Nc2ccccc2)nc1. The summed E-state index contributed by atoms with van der Waals surface area (Å²) in [5.74, 6) is 0.699. The summed E-state index contributed by atoms with van der Waals surface area (Å²) < 4.78 is 0. The summed E-state index contributed by atoms with van der Waals surface area (Å²) in [5, 5.41) is 9.24. The van der Waals surface area contributed by atoms with Crippen molar-refractivity contribution in [1.82, 2.24) is 4.98 Å². The van der Waals surface area contributed by atoms with E-state index >= 15 is 0 Å². The van der Waals surface area contributed by atoms with E-state index < -0.39 is 0 Å². The van der Waals surface area contributed by atoms with Crippen molar-refractivity contribution in [2.24, 2.45) is 0 Å². The number of carbonyl (C=O) groups is 1. The molecule has 0 saturated heterocycles. The normalized spacial score (nSPS) is 10.0. The Labute approximate surface area is 144 Å². The van der Waals surface area contributed by atoms with Crippen molar-refractivity contribution in [3.63, 3.8) is 0 Å². The molecule has 0 aliphatic rings. The molecule has 120 valence electrons. The summed E-state index contributed by atoms with van der Waals surface area (Å²) in [6, 6.07) is 19.9. The highest BCUT2D eigenvalue weighted by Gasteiger charge is 2.03. The zero-order chi connectivity index (χ0) is 16.8. The highest BCUT2D eigenvalue weighted by molar-refractivity contribution is 6.30. The molecule has 2 aromatic carbocycles. The Hall–Kier alpha value is -3.05. The average molecular weight is 339 g/mol. The van der Waals surface area contributed by atoms with E-state index in [-0.39, 0.29) is 6.03 Å². The lowest BCUT2D eigenvalue weighted by Gasteiger charge is -2.09. The largest absolute Gasteiger partial charge is 0.340 e. The third-order valence-corrected chi connectivity index (χ3v) is 3.42. The number of urea groups is 1. The number of nitrogens with zero attached hydrogens (tertiary/aromatic N) is 1. The minimum atomic E-state index is -0.345. The second-order valence-electron chi connectivity index (χ2n) is 5.01. The predicted octanol–water partition coefficient (Wildman–Crippen LogP) is 5.12. The van der Waals surface area contributed by atoms with Crippen molar-refractivity contribution in [3.8, 4) is 0 Å². The number of benzene rings is 2. The Morgan fingerprint density at radius 2 is 1.46 bits per heavy atom. The standard InChI is InChI=1S/C18H15ClN4O/c19-13-6-8-15(9-7-13)22-18(24)23-16-10-11-17(20-12-16)21-14-4-2-1-3-5-14/h1-12H,(H,20,21)(H2,22,23,24). The molecule has 3 N–H and O–H groups in total. The van der Waals surface area contributed by atoms with E-state index in [1.54, 1.807) is 42.6 Å². The van der Waals surface area contributed by atoms with Gasteiger partial charge in [0.25, 0.3) is 0 Å². The Morgan fingerprint density at radius 3 is 2.12 bits per heavy atom. The molecule has 0 aliphatic carbocycles. The van der Waals surface area contributed by atoms with Crippen LogP contribution < -0.4 is 16.0 Å². The monoisotopic (exact) mass is 338 g/mol. The van der Waals surface area contributed by atoms with Crippen LogP contribution in [0.4, 0.5) is 27.7 Å². The summed E-state index contributed by atoms with van der Waals surface area (Å²) in [6.45, 7) is 0. The van der Waals surface area contributed by atoms with E-state index in [9.17, 15) is 4.79 Å². The number of nitrogens with one attached hydrogen (secondary N) is 3. The van der Waals surface area contributed by atoms with Crippen LogP contribution in [0.3, 0.4) is 0 Å². The molecule has 24 heavy (non-hydrogen) atoms. The van der Waals surface area contributed by atoms with Crippen LogP contribution in [0.1, 0.15) is 0 Å². The number of hydrogen-bond donors (Lipinski definition) is 3. The summed E-state index contributed by atoms with van der Waals surface area (Å²) >= 11 is 5.81. The van der Waals surface area contributed by atoms with Crippen LogP contribution in [-0.4, -0.2) is 11.0 Å². The van der Waals surface area contributed by atoms with E-state index in [1.807, 2.05) is 30.3 Å². The van der Waals surface area contributed by atoms with Gasteiger partial charge in [-0.05, 0) is 48.5 Å². The number of aromatic nitrogens is 1. The van der Waals surface area contributed by atoms with E-state index in [1.165, 1.54) is 0 Å². The molecule has 0 aliphatic heterocycles. The fraction of sp³-hybridized carbons (Fsp3) is 0. The lowest BCUT2D eigenvalue weighted by atomic mass is 10.3. The summed E-state index contributed by atoms with van der Waals surface area (Å²) in [7, 11) is 0.